The van der Waals surface area contributed by atoms with Crippen molar-refractivity contribution in [3.05, 3.63) is 34.9 Å². The average molecular weight is 408 g/mol. The number of likely N-dealkylation sites (tertiary alicyclic amines) is 3. The van der Waals surface area contributed by atoms with Gasteiger partial charge in [-0.1, -0.05) is 23.8 Å². The van der Waals surface area contributed by atoms with Crippen molar-refractivity contribution in [3.8, 4) is 6.07 Å². The number of rotatable bonds is 4. The van der Waals surface area contributed by atoms with E-state index < -0.39 is 6.04 Å². The number of hydrogen-bond donors (Lipinski definition) is 1. The van der Waals surface area contributed by atoms with Gasteiger partial charge < -0.3 is 15.5 Å². The lowest BCUT2D eigenvalue weighted by molar-refractivity contribution is -0.141. The molecule has 2 amide bonds. The molecule has 7 heteroatoms. The fourth-order valence-electron chi connectivity index (χ4n) is 6.02. The predicted octanol–water partition coefficient (Wildman–Crippen LogP) is 1.11. The van der Waals surface area contributed by atoms with Gasteiger partial charge in [0.2, 0.25) is 11.8 Å². The number of amides is 2. The lowest BCUT2D eigenvalue weighted by atomic mass is 10.0. The van der Waals surface area contributed by atoms with Crippen LogP contribution in [0.2, 0.25) is 0 Å². The van der Waals surface area contributed by atoms with E-state index in [2.05, 4.69) is 41.0 Å². The summed E-state index contributed by atoms with van der Waals surface area (Å²) < 4.78 is 0. The summed E-state index contributed by atoms with van der Waals surface area (Å²) in [5, 5.41) is 9.24. The fourth-order valence-corrected chi connectivity index (χ4v) is 6.02. The van der Waals surface area contributed by atoms with Gasteiger partial charge in [-0.2, -0.15) is 5.26 Å². The summed E-state index contributed by atoms with van der Waals surface area (Å²) in [6, 6.07) is 7.94. The highest BCUT2D eigenvalue weighted by Gasteiger charge is 2.53. The van der Waals surface area contributed by atoms with Gasteiger partial charge in [-0.25, -0.2) is 0 Å². The van der Waals surface area contributed by atoms with Crippen molar-refractivity contribution in [1.82, 2.24) is 14.7 Å². The fraction of sp³-hybridized carbons (Fsp3) is 0.609. The van der Waals surface area contributed by atoms with Crippen LogP contribution >= 0.6 is 0 Å². The molecule has 3 saturated heterocycles. The molecule has 0 radical (unpaired) electrons. The quantitative estimate of drug-likeness (QED) is 0.807. The number of piperazine rings is 1. The minimum absolute atomic E-state index is 0.161. The Bertz CT molecular complexity index is 925. The van der Waals surface area contributed by atoms with E-state index in [-0.39, 0.29) is 36.0 Å². The molecule has 5 rings (SSSR count). The van der Waals surface area contributed by atoms with Crippen molar-refractivity contribution in [3.63, 3.8) is 0 Å². The van der Waals surface area contributed by atoms with Gasteiger partial charge in [0.15, 0.2) is 0 Å². The van der Waals surface area contributed by atoms with E-state index >= 15 is 0 Å². The van der Waals surface area contributed by atoms with Crippen LogP contribution < -0.4 is 5.73 Å². The summed E-state index contributed by atoms with van der Waals surface area (Å²) in [5.74, 6) is 0.0200. The SMILES string of the molecule is Cc1ccc2c(c1)CC[C@H]2N1C(=O)[C@@H]2C[C@H]1CN2C[C@H](N)C(=O)N1CCC[C@H]1C#N. The zero-order chi connectivity index (χ0) is 21.0. The third-order valence-electron chi connectivity index (χ3n) is 7.43. The third kappa shape index (κ3) is 3.01. The zero-order valence-electron chi connectivity index (χ0n) is 17.5. The first-order valence-corrected chi connectivity index (χ1v) is 11.1. The van der Waals surface area contributed by atoms with E-state index in [9.17, 15) is 14.9 Å². The minimum Gasteiger partial charge on any atom is -0.330 e. The van der Waals surface area contributed by atoms with Crippen molar-refractivity contribution in [2.75, 3.05) is 19.6 Å². The summed E-state index contributed by atoms with van der Waals surface area (Å²) in [5.41, 5.74) is 10.2. The summed E-state index contributed by atoms with van der Waals surface area (Å²) in [6.07, 6.45) is 4.42. The van der Waals surface area contributed by atoms with Crippen LogP contribution in [0.5, 0.6) is 0 Å². The molecule has 3 heterocycles. The number of fused-ring (bicyclic) bond motifs is 3. The molecule has 3 aliphatic heterocycles. The number of aryl methyl sites for hydroxylation is 2. The largest absolute Gasteiger partial charge is 0.330 e. The van der Waals surface area contributed by atoms with Gasteiger partial charge in [0.05, 0.1) is 24.2 Å². The Balaban J connectivity index is 1.25. The van der Waals surface area contributed by atoms with Crippen molar-refractivity contribution >= 4 is 11.8 Å². The molecule has 0 spiro atoms. The van der Waals surface area contributed by atoms with Crippen LogP contribution in [-0.4, -0.2) is 70.3 Å². The van der Waals surface area contributed by atoms with Crippen molar-refractivity contribution in [2.45, 2.75) is 69.2 Å². The summed E-state index contributed by atoms with van der Waals surface area (Å²) in [7, 11) is 0. The number of carbonyl (C=O) groups is 2. The first-order valence-electron chi connectivity index (χ1n) is 11.1. The molecule has 1 aromatic rings. The number of benzene rings is 1. The van der Waals surface area contributed by atoms with Gasteiger partial charge in [-0.3, -0.25) is 14.5 Å². The van der Waals surface area contributed by atoms with Crippen LogP contribution in [0.3, 0.4) is 0 Å². The zero-order valence-corrected chi connectivity index (χ0v) is 17.5. The minimum atomic E-state index is -0.685. The number of nitriles is 1. The van der Waals surface area contributed by atoms with E-state index in [0.29, 0.717) is 13.1 Å². The number of nitrogens with two attached hydrogens (primary N) is 1. The molecule has 0 aromatic heterocycles. The Morgan fingerprint density at radius 3 is 2.93 bits per heavy atom. The van der Waals surface area contributed by atoms with Gasteiger partial charge in [0.25, 0.3) is 0 Å². The van der Waals surface area contributed by atoms with Gasteiger partial charge >= 0.3 is 0 Å². The average Bonchev–Trinajstić information content (AvgIpc) is 3.49. The van der Waals surface area contributed by atoms with Crippen LogP contribution in [0, 0.1) is 18.3 Å². The van der Waals surface area contributed by atoms with Crippen molar-refractivity contribution in [2.24, 2.45) is 5.73 Å². The summed E-state index contributed by atoms with van der Waals surface area (Å²) in [4.78, 5) is 31.8. The highest BCUT2D eigenvalue weighted by molar-refractivity contribution is 5.87. The van der Waals surface area contributed by atoms with Crippen molar-refractivity contribution < 1.29 is 9.59 Å². The topological polar surface area (TPSA) is 93.7 Å². The Labute approximate surface area is 177 Å². The molecule has 1 aromatic carbocycles. The number of nitrogens with zero attached hydrogens (tertiary/aromatic N) is 4. The molecule has 158 valence electrons. The lowest BCUT2D eigenvalue weighted by Gasteiger charge is -2.38. The Morgan fingerprint density at radius 2 is 2.17 bits per heavy atom. The molecular weight excluding hydrogens is 378 g/mol. The highest BCUT2D eigenvalue weighted by Crippen LogP contribution is 2.44. The summed E-state index contributed by atoms with van der Waals surface area (Å²) in [6.45, 7) is 3.87. The Kier molecular flexibility index (Phi) is 4.79. The molecule has 0 unspecified atom stereocenters. The van der Waals surface area contributed by atoms with Gasteiger partial charge in [0, 0.05) is 25.7 Å². The second kappa shape index (κ2) is 7.36. The predicted molar refractivity (Wildman–Crippen MR) is 111 cm³/mol. The molecule has 30 heavy (non-hydrogen) atoms. The molecule has 1 aliphatic carbocycles. The molecule has 4 aliphatic rings. The van der Waals surface area contributed by atoms with Crippen LogP contribution in [0.15, 0.2) is 18.2 Å². The first kappa shape index (κ1) is 19.5. The van der Waals surface area contributed by atoms with Crippen LogP contribution in [0.1, 0.15) is 48.4 Å². The van der Waals surface area contributed by atoms with E-state index in [0.717, 1.165) is 38.6 Å². The molecular formula is C23H29N5O2. The van der Waals surface area contributed by atoms with E-state index in [1.54, 1.807) is 4.90 Å². The van der Waals surface area contributed by atoms with Gasteiger partial charge in [0.1, 0.15) is 6.04 Å². The molecule has 2 N–H and O–H groups in total. The number of hydrogen-bond acceptors (Lipinski definition) is 5. The molecule has 0 saturated carbocycles. The van der Waals surface area contributed by atoms with Crippen LogP contribution in [0.4, 0.5) is 0 Å². The van der Waals surface area contributed by atoms with Gasteiger partial charge in [-0.05, 0) is 50.2 Å². The van der Waals surface area contributed by atoms with E-state index in [1.807, 2.05) is 0 Å². The maximum absolute atomic E-state index is 13.3. The second-order valence-electron chi connectivity index (χ2n) is 9.29. The first-order chi connectivity index (χ1) is 14.5. The van der Waals surface area contributed by atoms with E-state index in [4.69, 9.17) is 5.73 Å². The lowest BCUT2D eigenvalue weighted by Crippen LogP contribution is -2.56. The Morgan fingerprint density at radius 1 is 1.33 bits per heavy atom. The maximum atomic E-state index is 13.3. The molecule has 7 nitrogen and oxygen atoms in total. The monoisotopic (exact) mass is 407 g/mol. The molecule has 2 bridgehead atoms. The Hall–Kier alpha value is -2.43. The number of carbonyl (C=O) groups excluding carboxylic acids is 2. The maximum Gasteiger partial charge on any atom is 0.241 e. The third-order valence-corrected chi connectivity index (χ3v) is 7.43. The van der Waals surface area contributed by atoms with Gasteiger partial charge in [-0.15, -0.1) is 0 Å². The standard InChI is InChI=1S/C23H29N5O2/c1-14-4-6-18-15(9-14)5-7-20(18)28-17-10-21(23(28)30)26(12-17)13-19(25)22(29)27-8-2-3-16(27)11-24/h4,6,9,16-17,19-21H,2-3,5,7-8,10,12-13,25H2,1H3/t16-,17-,19-,20+,21-/m0/s1. The van der Waals surface area contributed by atoms with Crippen LogP contribution in [0.25, 0.3) is 0 Å². The van der Waals surface area contributed by atoms with E-state index in [1.165, 1.54) is 16.7 Å². The van der Waals surface area contributed by atoms with Crippen LogP contribution in [-0.2, 0) is 16.0 Å². The highest BCUT2D eigenvalue weighted by atomic mass is 16.2. The smallest absolute Gasteiger partial charge is 0.241 e. The molecule has 3 fully saturated rings. The second-order valence-corrected chi connectivity index (χ2v) is 9.29. The molecule has 5 atom stereocenters. The van der Waals surface area contributed by atoms with Crippen molar-refractivity contribution in [1.29, 1.82) is 5.26 Å². The summed E-state index contributed by atoms with van der Waals surface area (Å²) >= 11 is 0. The normalized spacial score (nSPS) is 31.3.